The van der Waals surface area contributed by atoms with Crippen molar-refractivity contribution in [3.63, 3.8) is 0 Å². The predicted octanol–water partition coefficient (Wildman–Crippen LogP) is 4.88. The van der Waals surface area contributed by atoms with E-state index in [1.165, 1.54) is 12.8 Å². The number of hydrogen-bond donors (Lipinski definition) is 0. The monoisotopic (exact) mass is 329 g/mol. The van der Waals surface area contributed by atoms with Crippen molar-refractivity contribution in [1.82, 2.24) is 0 Å². The van der Waals surface area contributed by atoms with E-state index in [1.54, 1.807) is 31.4 Å². The van der Waals surface area contributed by atoms with E-state index >= 15 is 0 Å². The molecule has 1 saturated carbocycles. The standard InChI is InChI=1S/C20H27NO3/c1-3-4-5-12-20(15-21)13-10-16(11-14-20)19(22)24-18-8-6-17(23-2)7-9-18/h6-9,16H,3-5,10-14H2,1-2H3/t16-,20+. The van der Waals surface area contributed by atoms with Crippen molar-refractivity contribution in [3.8, 4) is 17.6 Å². The highest BCUT2D eigenvalue weighted by molar-refractivity contribution is 5.75. The van der Waals surface area contributed by atoms with Gasteiger partial charge >= 0.3 is 5.97 Å². The highest BCUT2D eigenvalue weighted by atomic mass is 16.5. The highest BCUT2D eigenvalue weighted by Crippen LogP contribution is 2.42. The lowest BCUT2D eigenvalue weighted by molar-refractivity contribution is -0.140. The average molecular weight is 329 g/mol. The third kappa shape index (κ3) is 4.74. The van der Waals surface area contributed by atoms with E-state index in [0.717, 1.165) is 44.3 Å². The van der Waals surface area contributed by atoms with Crippen molar-refractivity contribution in [2.75, 3.05) is 7.11 Å². The Morgan fingerprint density at radius 1 is 1.21 bits per heavy atom. The van der Waals surface area contributed by atoms with Crippen LogP contribution in [0.3, 0.4) is 0 Å². The molecule has 0 N–H and O–H groups in total. The maximum absolute atomic E-state index is 12.3. The van der Waals surface area contributed by atoms with Gasteiger partial charge in [0.1, 0.15) is 11.5 Å². The SMILES string of the molecule is CCCCC[C@]1(C#N)CC[C@@H](C(=O)Oc2ccc(OC)cc2)CC1. The van der Waals surface area contributed by atoms with Gasteiger partial charge in [-0.1, -0.05) is 26.2 Å². The molecule has 0 atom stereocenters. The Labute approximate surface area is 144 Å². The second-order valence-corrected chi connectivity index (χ2v) is 6.72. The molecule has 0 heterocycles. The minimum atomic E-state index is -0.230. The summed E-state index contributed by atoms with van der Waals surface area (Å²) in [6.45, 7) is 2.17. The summed E-state index contributed by atoms with van der Waals surface area (Å²) < 4.78 is 10.6. The Morgan fingerprint density at radius 2 is 1.83 bits per heavy atom. The van der Waals surface area contributed by atoms with Gasteiger partial charge in [-0.2, -0.15) is 5.26 Å². The van der Waals surface area contributed by atoms with Crippen LogP contribution in [0.15, 0.2) is 24.3 Å². The molecular weight excluding hydrogens is 302 g/mol. The second kappa shape index (κ2) is 8.73. The zero-order valence-electron chi connectivity index (χ0n) is 14.7. The summed E-state index contributed by atoms with van der Waals surface area (Å²) in [4.78, 5) is 12.3. The fourth-order valence-corrected chi connectivity index (χ4v) is 3.38. The molecule has 1 aliphatic carbocycles. The number of rotatable bonds is 7. The van der Waals surface area contributed by atoms with E-state index in [2.05, 4.69) is 13.0 Å². The van der Waals surface area contributed by atoms with Gasteiger partial charge in [0.2, 0.25) is 0 Å². The van der Waals surface area contributed by atoms with Gasteiger partial charge in [-0.05, 0) is 56.4 Å². The normalized spacial score (nSPS) is 23.3. The van der Waals surface area contributed by atoms with Gasteiger partial charge in [0, 0.05) is 0 Å². The molecule has 0 bridgehead atoms. The Morgan fingerprint density at radius 3 is 2.38 bits per heavy atom. The first-order valence-corrected chi connectivity index (χ1v) is 8.89. The molecule has 24 heavy (non-hydrogen) atoms. The van der Waals surface area contributed by atoms with Crippen molar-refractivity contribution in [2.45, 2.75) is 58.3 Å². The van der Waals surface area contributed by atoms with Gasteiger partial charge in [-0.3, -0.25) is 4.79 Å². The highest BCUT2D eigenvalue weighted by Gasteiger charge is 2.37. The van der Waals surface area contributed by atoms with Gasteiger partial charge in [0.15, 0.2) is 0 Å². The van der Waals surface area contributed by atoms with Crippen LogP contribution >= 0.6 is 0 Å². The molecule has 2 rings (SSSR count). The lowest BCUT2D eigenvalue weighted by Gasteiger charge is -2.34. The summed E-state index contributed by atoms with van der Waals surface area (Å²) in [5.74, 6) is 0.999. The summed E-state index contributed by atoms with van der Waals surface area (Å²) >= 11 is 0. The first kappa shape index (κ1) is 18.3. The van der Waals surface area contributed by atoms with E-state index in [-0.39, 0.29) is 17.3 Å². The largest absolute Gasteiger partial charge is 0.497 e. The van der Waals surface area contributed by atoms with Crippen molar-refractivity contribution in [3.05, 3.63) is 24.3 Å². The van der Waals surface area contributed by atoms with Gasteiger partial charge < -0.3 is 9.47 Å². The van der Waals surface area contributed by atoms with Crippen LogP contribution in [-0.2, 0) is 4.79 Å². The summed E-state index contributed by atoms with van der Waals surface area (Å²) in [5.41, 5.74) is -0.230. The topological polar surface area (TPSA) is 59.3 Å². The number of ether oxygens (including phenoxy) is 2. The molecule has 1 aromatic carbocycles. The molecule has 0 spiro atoms. The minimum Gasteiger partial charge on any atom is -0.497 e. The molecule has 0 radical (unpaired) electrons. The smallest absolute Gasteiger partial charge is 0.314 e. The average Bonchev–Trinajstić information content (AvgIpc) is 2.63. The Bertz CT molecular complexity index is 566. The van der Waals surface area contributed by atoms with Crippen LogP contribution in [0.4, 0.5) is 0 Å². The Kier molecular flexibility index (Phi) is 6.66. The van der Waals surface area contributed by atoms with Gasteiger partial charge in [0.25, 0.3) is 0 Å². The fourth-order valence-electron chi connectivity index (χ4n) is 3.38. The van der Waals surface area contributed by atoms with E-state index in [1.807, 2.05) is 0 Å². The third-order valence-corrected chi connectivity index (χ3v) is 5.05. The Balaban J connectivity index is 1.86. The van der Waals surface area contributed by atoms with Crippen LogP contribution in [0.25, 0.3) is 0 Å². The summed E-state index contributed by atoms with van der Waals surface area (Å²) in [7, 11) is 1.60. The van der Waals surface area contributed by atoms with Crippen LogP contribution in [0, 0.1) is 22.7 Å². The molecule has 1 aromatic rings. The van der Waals surface area contributed by atoms with Gasteiger partial charge in [-0.15, -0.1) is 0 Å². The summed E-state index contributed by atoms with van der Waals surface area (Å²) in [5, 5.41) is 9.57. The van der Waals surface area contributed by atoms with E-state index < -0.39 is 0 Å². The maximum atomic E-state index is 12.3. The number of unbranched alkanes of at least 4 members (excludes halogenated alkanes) is 2. The quantitative estimate of drug-likeness (QED) is 0.406. The number of benzene rings is 1. The molecule has 0 unspecified atom stereocenters. The zero-order chi connectivity index (χ0) is 17.4. The molecule has 0 aliphatic heterocycles. The van der Waals surface area contributed by atoms with E-state index in [4.69, 9.17) is 9.47 Å². The number of nitrogens with zero attached hydrogens (tertiary/aromatic N) is 1. The molecule has 4 heteroatoms. The number of carbonyl (C=O) groups excluding carboxylic acids is 1. The van der Waals surface area contributed by atoms with Crippen molar-refractivity contribution in [2.24, 2.45) is 11.3 Å². The summed E-state index contributed by atoms with van der Waals surface area (Å²) in [6.07, 6.45) is 7.49. The van der Waals surface area contributed by atoms with Crippen LogP contribution in [0.1, 0.15) is 58.3 Å². The number of nitriles is 1. The Hall–Kier alpha value is -2.02. The fraction of sp³-hybridized carbons (Fsp3) is 0.600. The van der Waals surface area contributed by atoms with Crippen LogP contribution in [0.5, 0.6) is 11.5 Å². The molecule has 1 fully saturated rings. The van der Waals surface area contributed by atoms with Gasteiger partial charge in [-0.25, -0.2) is 0 Å². The van der Waals surface area contributed by atoms with E-state index in [0.29, 0.717) is 5.75 Å². The molecule has 1 aliphatic rings. The number of esters is 1. The first-order chi connectivity index (χ1) is 11.6. The molecular formula is C20H27NO3. The van der Waals surface area contributed by atoms with Crippen molar-refractivity contribution < 1.29 is 14.3 Å². The maximum Gasteiger partial charge on any atom is 0.314 e. The van der Waals surface area contributed by atoms with Gasteiger partial charge in [0.05, 0.1) is 24.5 Å². The predicted molar refractivity (Wildman–Crippen MR) is 92.8 cm³/mol. The van der Waals surface area contributed by atoms with E-state index in [9.17, 15) is 10.1 Å². The molecule has 0 saturated heterocycles. The number of hydrogen-bond acceptors (Lipinski definition) is 4. The third-order valence-electron chi connectivity index (χ3n) is 5.05. The van der Waals surface area contributed by atoms with Crippen LogP contribution in [-0.4, -0.2) is 13.1 Å². The van der Waals surface area contributed by atoms with Crippen LogP contribution < -0.4 is 9.47 Å². The number of carbonyl (C=O) groups is 1. The number of methoxy groups -OCH3 is 1. The second-order valence-electron chi connectivity index (χ2n) is 6.72. The summed E-state index contributed by atoms with van der Waals surface area (Å²) in [6, 6.07) is 9.56. The first-order valence-electron chi connectivity index (χ1n) is 8.89. The van der Waals surface area contributed by atoms with Crippen molar-refractivity contribution in [1.29, 1.82) is 5.26 Å². The van der Waals surface area contributed by atoms with Crippen LogP contribution in [0.2, 0.25) is 0 Å². The molecule has 0 aromatic heterocycles. The van der Waals surface area contributed by atoms with Crippen molar-refractivity contribution >= 4 is 5.97 Å². The molecule has 4 nitrogen and oxygen atoms in total. The minimum absolute atomic E-state index is 0.0975. The lowest BCUT2D eigenvalue weighted by atomic mass is 9.69. The zero-order valence-corrected chi connectivity index (χ0v) is 14.7. The molecule has 0 amide bonds. The molecule has 130 valence electrons. The lowest BCUT2D eigenvalue weighted by Crippen LogP contribution is -2.31.